The molecule has 1 aromatic carbocycles. The minimum absolute atomic E-state index is 0.224. The van der Waals surface area contributed by atoms with Gasteiger partial charge in [-0.25, -0.2) is 0 Å². The van der Waals surface area contributed by atoms with Crippen molar-refractivity contribution in [1.82, 2.24) is 5.32 Å². The summed E-state index contributed by atoms with van der Waals surface area (Å²) in [4.78, 5) is 0. The highest BCUT2D eigenvalue weighted by Crippen LogP contribution is 2.12. The SMILES string of the molecule is CCNCC(O)COc1cccc(C#N)c1. The maximum atomic E-state index is 9.52. The average molecular weight is 220 g/mol. The highest BCUT2D eigenvalue weighted by Gasteiger charge is 2.04. The van der Waals surface area contributed by atoms with E-state index in [1.165, 1.54) is 0 Å². The average Bonchev–Trinajstić information content (AvgIpc) is 2.34. The van der Waals surface area contributed by atoms with Gasteiger partial charge >= 0.3 is 0 Å². The molecular weight excluding hydrogens is 204 g/mol. The summed E-state index contributed by atoms with van der Waals surface area (Å²) in [5, 5.41) is 21.2. The van der Waals surface area contributed by atoms with Crippen LogP contribution < -0.4 is 10.1 Å². The minimum Gasteiger partial charge on any atom is -0.491 e. The third-order valence-electron chi connectivity index (χ3n) is 2.04. The molecule has 1 atom stereocenters. The van der Waals surface area contributed by atoms with Crippen LogP contribution in [-0.4, -0.2) is 30.9 Å². The molecule has 0 saturated heterocycles. The van der Waals surface area contributed by atoms with E-state index < -0.39 is 6.10 Å². The van der Waals surface area contributed by atoms with E-state index in [0.29, 0.717) is 17.9 Å². The highest BCUT2D eigenvalue weighted by atomic mass is 16.5. The number of aliphatic hydroxyl groups excluding tert-OH is 1. The Morgan fingerprint density at radius 3 is 3.06 bits per heavy atom. The van der Waals surface area contributed by atoms with Crippen molar-refractivity contribution in [2.45, 2.75) is 13.0 Å². The number of ether oxygens (including phenoxy) is 1. The number of hydrogen-bond donors (Lipinski definition) is 2. The van der Waals surface area contributed by atoms with E-state index in [1.54, 1.807) is 24.3 Å². The first kappa shape index (κ1) is 12.5. The number of aliphatic hydroxyl groups is 1. The molecule has 0 spiro atoms. The van der Waals surface area contributed by atoms with Crippen molar-refractivity contribution in [1.29, 1.82) is 5.26 Å². The first-order valence-electron chi connectivity index (χ1n) is 5.28. The third-order valence-corrected chi connectivity index (χ3v) is 2.04. The molecule has 2 N–H and O–H groups in total. The summed E-state index contributed by atoms with van der Waals surface area (Å²) in [6.45, 7) is 3.53. The van der Waals surface area contributed by atoms with Gasteiger partial charge in [0.2, 0.25) is 0 Å². The third kappa shape index (κ3) is 4.30. The van der Waals surface area contributed by atoms with Crippen LogP contribution in [0.1, 0.15) is 12.5 Å². The summed E-state index contributed by atoms with van der Waals surface area (Å²) in [5.41, 5.74) is 0.554. The Hall–Kier alpha value is -1.57. The van der Waals surface area contributed by atoms with Gasteiger partial charge in [0.25, 0.3) is 0 Å². The van der Waals surface area contributed by atoms with Gasteiger partial charge in [-0.3, -0.25) is 0 Å². The molecule has 0 aliphatic carbocycles. The molecule has 0 fully saturated rings. The lowest BCUT2D eigenvalue weighted by Gasteiger charge is -2.12. The van der Waals surface area contributed by atoms with Gasteiger partial charge in [-0.15, -0.1) is 0 Å². The molecule has 16 heavy (non-hydrogen) atoms. The lowest BCUT2D eigenvalue weighted by Crippen LogP contribution is -2.31. The van der Waals surface area contributed by atoms with E-state index >= 15 is 0 Å². The fourth-order valence-corrected chi connectivity index (χ4v) is 1.22. The van der Waals surface area contributed by atoms with E-state index in [-0.39, 0.29) is 6.61 Å². The van der Waals surface area contributed by atoms with E-state index in [9.17, 15) is 5.11 Å². The van der Waals surface area contributed by atoms with Gasteiger partial charge < -0.3 is 15.2 Å². The van der Waals surface area contributed by atoms with Crippen molar-refractivity contribution in [3.63, 3.8) is 0 Å². The Kier molecular flexibility index (Phi) is 5.34. The second-order valence-corrected chi connectivity index (χ2v) is 3.41. The van der Waals surface area contributed by atoms with Crippen LogP contribution in [0, 0.1) is 11.3 Å². The fraction of sp³-hybridized carbons (Fsp3) is 0.417. The summed E-state index contributed by atoms with van der Waals surface area (Å²) < 4.78 is 5.37. The predicted molar refractivity (Wildman–Crippen MR) is 61.2 cm³/mol. The van der Waals surface area contributed by atoms with Gasteiger partial charge in [-0.1, -0.05) is 13.0 Å². The van der Waals surface area contributed by atoms with Crippen LogP contribution in [0.5, 0.6) is 5.75 Å². The van der Waals surface area contributed by atoms with Crippen LogP contribution in [0.2, 0.25) is 0 Å². The maximum absolute atomic E-state index is 9.52. The molecule has 0 bridgehead atoms. The molecule has 0 aliphatic heterocycles. The number of likely N-dealkylation sites (N-methyl/N-ethyl adjacent to an activating group) is 1. The first-order chi connectivity index (χ1) is 7.76. The summed E-state index contributed by atoms with van der Waals surface area (Å²) >= 11 is 0. The lowest BCUT2D eigenvalue weighted by atomic mass is 10.2. The van der Waals surface area contributed by atoms with Gasteiger partial charge in [0.15, 0.2) is 0 Å². The Labute approximate surface area is 95.5 Å². The number of nitrogens with zero attached hydrogens (tertiary/aromatic N) is 1. The van der Waals surface area contributed by atoms with E-state index in [0.717, 1.165) is 6.54 Å². The van der Waals surface area contributed by atoms with Crippen molar-refractivity contribution < 1.29 is 9.84 Å². The smallest absolute Gasteiger partial charge is 0.120 e. The molecule has 86 valence electrons. The van der Waals surface area contributed by atoms with Gasteiger partial charge in [0.1, 0.15) is 18.5 Å². The van der Waals surface area contributed by atoms with Crippen molar-refractivity contribution >= 4 is 0 Å². The molecule has 1 rings (SSSR count). The maximum Gasteiger partial charge on any atom is 0.120 e. The van der Waals surface area contributed by atoms with Crippen LogP contribution in [0.3, 0.4) is 0 Å². The zero-order chi connectivity index (χ0) is 11.8. The molecule has 0 aromatic heterocycles. The largest absolute Gasteiger partial charge is 0.491 e. The highest BCUT2D eigenvalue weighted by molar-refractivity contribution is 5.36. The normalized spacial score (nSPS) is 11.8. The van der Waals surface area contributed by atoms with Crippen LogP contribution in [0.25, 0.3) is 0 Å². The molecule has 1 aromatic rings. The Balaban J connectivity index is 2.39. The summed E-state index contributed by atoms with van der Waals surface area (Å²) in [5.74, 6) is 0.606. The van der Waals surface area contributed by atoms with Gasteiger partial charge in [0.05, 0.1) is 11.6 Å². The summed E-state index contributed by atoms with van der Waals surface area (Å²) in [7, 11) is 0. The topological polar surface area (TPSA) is 65.3 Å². The molecule has 0 amide bonds. The monoisotopic (exact) mass is 220 g/mol. The number of hydrogen-bond acceptors (Lipinski definition) is 4. The zero-order valence-corrected chi connectivity index (χ0v) is 9.31. The van der Waals surface area contributed by atoms with Crippen molar-refractivity contribution in [3.8, 4) is 11.8 Å². The van der Waals surface area contributed by atoms with Crippen LogP contribution >= 0.6 is 0 Å². The quantitative estimate of drug-likeness (QED) is 0.747. The molecule has 4 nitrogen and oxygen atoms in total. The second kappa shape index (κ2) is 6.83. The first-order valence-corrected chi connectivity index (χ1v) is 5.28. The Morgan fingerprint density at radius 2 is 2.38 bits per heavy atom. The zero-order valence-electron chi connectivity index (χ0n) is 9.31. The van der Waals surface area contributed by atoms with Gasteiger partial charge in [-0.05, 0) is 24.7 Å². The molecule has 4 heteroatoms. The molecule has 0 aliphatic rings. The lowest BCUT2D eigenvalue weighted by molar-refractivity contribution is 0.107. The number of nitriles is 1. The van der Waals surface area contributed by atoms with Crippen LogP contribution in [0.15, 0.2) is 24.3 Å². The number of rotatable bonds is 6. The molecular formula is C12H16N2O2. The molecule has 1 unspecified atom stereocenters. The van der Waals surface area contributed by atoms with Crippen molar-refractivity contribution in [3.05, 3.63) is 29.8 Å². The fourth-order valence-electron chi connectivity index (χ4n) is 1.22. The van der Waals surface area contributed by atoms with Crippen LogP contribution in [0.4, 0.5) is 0 Å². The number of nitrogens with one attached hydrogen (secondary N) is 1. The van der Waals surface area contributed by atoms with E-state index in [1.807, 2.05) is 13.0 Å². The Morgan fingerprint density at radius 1 is 1.56 bits per heavy atom. The standard InChI is InChI=1S/C12H16N2O2/c1-2-14-8-11(15)9-16-12-5-3-4-10(6-12)7-13/h3-6,11,14-15H,2,8-9H2,1H3. The summed E-state index contributed by atoms with van der Waals surface area (Å²) in [6.07, 6.45) is -0.536. The predicted octanol–water partition coefficient (Wildman–Crippen LogP) is 0.907. The van der Waals surface area contributed by atoms with Crippen molar-refractivity contribution in [2.75, 3.05) is 19.7 Å². The van der Waals surface area contributed by atoms with Gasteiger partial charge in [0, 0.05) is 6.54 Å². The second-order valence-electron chi connectivity index (χ2n) is 3.41. The minimum atomic E-state index is -0.536. The van der Waals surface area contributed by atoms with Crippen molar-refractivity contribution in [2.24, 2.45) is 0 Å². The van der Waals surface area contributed by atoms with Crippen LogP contribution in [-0.2, 0) is 0 Å². The molecule has 0 heterocycles. The van der Waals surface area contributed by atoms with E-state index in [2.05, 4.69) is 5.32 Å². The Bertz CT molecular complexity index is 360. The van der Waals surface area contributed by atoms with E-state index in [4.69, 9.17) is 10.00 Å². The molecule has 0 saturated carbocycles. The van der Waals surface area contributed by atoms with Gasteiger partial charge in [-0.2, -0.15) is 5.26 Å². The molecule has 0 radical (unpaired) electrons. The summed E-state index contributed by atoms with van der Waals surface area (Å²) in [6, 6.07) is 8.92. The number of benzene rings is 1.